The van der Waals surface area contributed by atoms with Crippen molar-refractivity contribution in [2.24, 2.45) is 5.73 Å². The van der Waals surface area contributed by atoms with Crippen LogP contribution in [0, 0.1) is 0 Å². The van der Waals surface area contributed by atoms with E-state index in [1.54, 1.807) is 11.1 Å². The number of nitrogens with one attached hydrogen (secondary N) is 1. The van der Waals surface area contributed by atoms with Gasteiger partial charge in [-0.1, -0.05) is 66.7 Å². The third-order valence-corrected chi connectivity index (χ3v) is 6.18. The van der Waals surface area contributed by atoms with Crippen molar-refractivity contribution in [1.29, 1.82) is 0 Å². The minimum absolute atomic E-state index is 0.0674. The fourth-order valence-electron chi connectivity index (χ4n) is 4.45. The maximum atomic E-state index is 13.1. The molecule has 3 atom stereocenters. The summed E-state index contributed by atoms with van der Waals surface area (Å²) in [5, 5.41) is 3.08. The Morgan fingerprint density at radius 3 is 2.39 bits per heavy atom. The van der Waals surface area contributed by atoms with Gasteiger partial charge in [0, 0.05) is 30.9 Å². The second kappa shape index (κ2) is 10.9. The van der Waals surface area contributed by atoms with Crippen molar-refractivity contribution in [2.75, 3.05) is 13.1 Å². The van der Waals surface area contributed by atoms with E-state index in [0.717, 1.165) is 23.2 Å². The number of amides is 2. The quantitative estimate of drug-likeness (QED) is 0.562. The Balaban J connectivity index is 1.41. The van der Waals surface area contributed by atoms with Gasteiger partial charge < -0.3 is 16.0 Å². The zero-order chi connectivity index (χ0) is 23.0. The van der Waals surface area contributed by atoms with Crippen LogP contribution in [-0.4, -0.2) is 46.9 Å². The molecule has 6 heteroatoms. The van der Waals surface area contributed by atoms with Crippen LogP contribution in [0.2, 0.25) is 0 Å². The molecule has 4 rings (SSSR count). The molecule has 3 N–H and O–H groups in total. The van der Waals surface area contributed by atoms with E-state index in [0.29, 0.717) is 25.9 Å². The normalized spacial score (nSPS) is 17.4. The van der Waals surface area contributed by atoms with E-state index in [-0.39, 0.29) is 17.7 Å². The Morgan fingerprint density at radius 2 is 1.70 bits per heavy atom. The highest BCUT2D eigenvalue weighted by atomic mass is 16.2. The van der Waals surface area contributed by atoms with Gasteiger partial charge >= 0.3 is 0 Å². The van der Waals surface area contributed by atoms with E-state index < -0.39 is 12.1 Å². The van der Waals surface area contributed by atoms with Crippen LogP contribution >= 0.6 is 0 Å². The molecule has 0 spiro atoms. The number of hydrogen-bond acceptors (Lipinski definition) is 4. The summed E-state index contributed by atoms with van der Waals surface area (Å²) in [5.41, 5.74) is 9.23. The maximum Gasteiger partial charge on any atom is 0.242 e. The minimum atomic E-state index is -0.661. The van der Waals surface area contributed by atoms with E-state index in [9.17, 15) is 9.59 Å². The number of nitrogens with two attached hydrogens (primary N) is 1. The zero-order valence-corrected chi connectivity index (χ0v) is 18.6. The van der Waals surface area contributed by atoms with Crippen molar-refractivity contribution < 1.29 is 9.59 Å². The lowest BCUT2D eigenvalue weighted by Gasteiger charge is -2.27. The summed E-state index contributed by atoms with van der Waals surface area (Å²) in [6.07, 6.45) is 3.67. The van der Waals surface area contributed by atoms with Crippen molar-refractivity contribution in [3.05, 3.63) is 102 Å². The van der Waals surface area contributed by atoms with Crippen LogP contribution in [0.25, 0.3) is 0 Å². The first-order chi connectivity index (χ1) is 16.1. The topological polar surface area (TPSA) is 88.3 Å². The molecule has 1 aliphatic rings. The van der Waals surface area contributed by atoms with Gasteiger partial charge in [-0.15, -0.1) is 0 Å². The van der Waals surface area contributed by atoms with Crippen LogP contribution in [0.3, 0.4) is 0 Å². The molecule has 2 heterocycles. The molecule has 0 radical (unpaired) electrons. The lowest BCUT2D eigenvalue weighted by atomic mass is 9.95. The SMILES string of the molecule is N[C@@H](Cc1ccccc1)C(=O)N1CCCC1C(=O)NC[C@@H](c1ccccc1)c1ccccn1. The lowest BCUT2D eigenvalue weighted by Crippen LogP contribution is -2.52. The number of aromatic nitrogens is 1. The highest BCUT2D eigenvalue weighted by molar-refractivity contribution is 5.90. The minimum Gasteiger partial charge on any atom is -0.353 e. The predicted octanol–water partition coefficient (Wildman–Crippen LogP) is 2.89. The highest BCUT2D eigenvalue weighted by Gasteiger charge is 2.36. The molecule has 0 saturated carbocycles. The first-order valence-electron chi connectivity index (χ1n) is 11.5. The average Bonchev–Trinajstić information content (AvgIpc) is 3.35. The molecule has 1 unspecified atom stereocenters. The Kier molecular flexibility index (Phi) is 7.47. The van der Waals surface area contributed by atoms with Crippen LogP contribution in [0.5, 0.6) is 0 Å². The maximum absolute atomic E-state index is 13.1. The van der Waals surface area contributed by atoms with Gasteiger partial charge in [-0.3, -0.25) is 14.6 Å². The zero-order valence-electron chi connectivity index (χ0n) is 18.6. The molecule has 3 aromatic rings. The Labute approximate surface area is 194 Å². The van der Waals surface area contributed by atoms with Crippen molar-refractivity contribution >= 4 is 11.8 Å². The largest absolute Gasteiger partial charge is 0.353 e. The van der Waals surface area contributed by atoms with Crippen LogP contribution < -0.4 is 11.1 Å². The molecule has 1 saturated heterocycles. The molecule has 0 bridgehead atoms. The average molecular weight is 443 g/mol. The first-order valence-corrected chi connectivity index (χ1v) is 11.5. The summed E-state index contributed by atoms with van der Waals surface area (Å²) in [4.78, 5) is 32.4. The van der Waals surface area contributed by atoms with Gasteiger partial charge in [0.1, 0.15) is 6.04 Å². The number of rotatable bonds is 8. The van der Waals surface area contributed by atoms with E-state index >= 15 is 0 Å². The summed E-state index contributed by atoms with van der Waals surface area (Å²) in [5.74, 6) is -0.368. The smallest absolute Gasteiger partial charge is 0.242 e. The van der Waals surface area contributed by atoms with Gasteiger partial charge in [0.05, 0.1) is 6.04 Å². The second-order valence-electron chi connectivity index (χ2n) is 8.45. The summed E-state index contributed by atoms with van der Waals surface area (Å²) in [7, 11) is 0. The van der Waals surface area contributed by atoms with Crippen LogP contribution in [0.15, 0.2) is 85.1 Å². The molecule has 2 amide bonds. The van der Waals surface area contributed by atoms with Crippen molar-refractivity contribution in [1.82, 2.24) is 15.2 Å². The number of nitrogens with zero attached hydrogens (tertiary/aromatic N) is 2. The molecule has 33 heavy (non-hydrogen) atoms. The van der Waals surface area contributed by atoms with Crippen molar-refractivity contribution in [3.63, 3.8) is 0 Å². The third-order valence-electron chi connectivity index (χ3n) is 6.18. The monoisotopic (exact) mass is 442 g/mol. The number of hydrogen-bond donors (Lipinski definition) is 2. The molecule has 2 aromatic carbocycles. The van der Waals surface area contributed by atoms with Gasteiger partial charge in [0.25, 0.3) is 0 Å². The van der Waals surface area contributed by atoms with Crippen LogP contribution in [0.1, 0.15) is 35.6 Å². The molecular formula is C27H30N4O2. The Morgan fingerprint density at radius 1 is 1.00 bits per heavy atom. The highest BCUT2D eigenvalue weighted by Crippen LogP contribution is 2.23. The second-order valence-corrected chi connectivity index (χ2v) is 8.45. The molecule has 170 valence electrons. The lowest BCUT2D eigenvalue weighted by molar-refractivity contribution is -0.139. The van der Waals surface area contributed by atoms with Crippen molar-refractivity contribution in [2.45, 2.75) is 37.3 Å². The fourth-order valence-corrected chi connectivity index (χ4v) is 4.45. The van der Waals surface area contributed by atoms with E-state index in [1.165, 1.54) is 0 Å². The van der Waals surface area contributed by atoms with Crippen LogP contribution in [0.4, 0.5) is 0 Å². The Hall–Kier alpha value is -3.51. The van der Waals surface area contributed by atoms with Gasteiger partial charge in [0.15, 0.2) is 0 Å². The molecule has 1 aromatic heterocycles. The van der Waals surface area contributed by atoms with Crippen molar-refractivity contribution in [3.8, 4) is 0 Å². The number of carbonyl (C=O) groups excluding carboxylic acids is 2. The van der Waals surface area contributed by atoms with Gasteiger partial charge in [-0.2, -0.15) is 0 Å². The molecule has 1 aliphatic heterocycles. The number of carbonyl (C=O) groups is 2. The van der Waals surface area contributed by atoms with E-state index in [1.807, 2.05) is 78.9 Å². The summed E-state index contributed by atoms with van der Waals surface area (Å²) >= 11 is 0. The van der Waals surface area contributed by atoms with Gasteiger partial charge in [0.2, 0.25) is 11.8 Å². The predicted molar refractivity (Wildman–Crippen MR) is 128 cm³/mol. The standard InChI is InChI=1S/C27H30N4O2/c28-23(18-20-10-3-1-4-11-20)27(33)31-17-9-15-25(31)26(32)30-19-22(21-12-5-2-6-13-21)24-14-7-8-16-29-24/h1-8,10-14,16,22-23,25H,9,15,17-19,28H2,(H,30,32)/t22-,23-,25?/m0/s1. The Bertz CT molecular complexity index is 1000. The summed E-state index contributed by atoms with van der Waals surface area (Å²) < 4.78 is 0. The molecule has 6 nitrogen and oxygen atoms in total. The summed E-state index contributed by atoms with van der Waals surface area (Å²) in [6, 6.07) is 24.4. The third kappa shape index (κ3) is 5.65. The number of likely N-dealkylation sites (tertiary alicyclic amines) is 1. The molecule has 0 aliphatic carbocycles. The first kappa shape index (κ1) is 22.7. The summed E-state index contributed by atoms with van der Waals surface area (Å²) in [6.45, 7) is 0.968. The fraction of sp³-hybridized carbons (Fsp3) is 0.296. The molecular weight excluding hydrogens is 412 g/mol. The molecule has 1 fully saturated rings. The van der Waals surface area contributed by atoms with Crippen LogP contribution in [-0.2, 0) is 16.0 Å². The van der Waals surface area contributed by atoms with Gasteiger partial charge in [-0.05, 0) is 42.5 Å². The van der Waals surface area contributed by atoms with E-state index in [2.05, 4.69) is 10.3 Å². The number of pyridine rings is 1. The van der Waals surface area contributed by atoms with E-state index in [4.69, 9.17) is 5.73 Å². The number of benzene rings is 2. The van der Waals surface area contributed by atoms with Gasteiger partial charge in [-0.25, -0.2) is 0 Å².